The van der Waals surface area contributed by atoms with Crippen LogP contribution in [0.5, 0.6) is 0 Å². The maximum absolute atomic E-state index is 14.1. The molecule has 2 amide bonds. The molecule has 0 bridgehead atoms. The fraction of sp³-hybridized carbons (Fsp3) is 0.912. The first-order chi connectivity index (χ1) is 22.1. The second kappa shape index (κ2) is 16.6. The number of alkyl halides is 6. The smallest absolute Gasteiger partial charge is 0.344 e. The van der Waals surface area contributed by atoms with Crippen LogP contribution in [0.1, 0.15) is 104 Å². The van der Waals surface area contributed by atoms with Crippen molar-refractivity contribution in [3.05, 3.63) is 0 Å². The van der Waals surface area contributed by atoms with E-state index < -0.39 is 42.6 Å². The van der Waals surface area contributed by atoms with Crippen LogP contribution in [0.25, 0.3) is 0 Å². The zero-order valence-corrected chi connectivity index (χ0v) is 28.3. The van der Waals surface area contributed by atoms with Gasteiger partial charge in [0, 0.05) is 51.7 Å². The molecule has 1 saturated heterocycles. The molecule has 1 heterocycles. The highest BCUT2D eigenvalue weighted by atomic mass is 19.4. The highest BCUT2D eigenvalue weighted by molar-refractivity contribution is 5.98. The van der Waals surface area contributed by atoms with E-state index in [9.17, 15) is 35.9 Å². The number of halogens is 6. The molecule has 4 rings (SSSR count). The third-order valence-corrected chi connectivity index (χ3v) is 10.9. The number of hydrogen-bond acceptors (Lipinski definition) is 4. The van der Waals surface area contributed by atoms with Gasteiger partial charge in [0.25, 0.3) is 0 Å². The average Bonchev–Trinajstić information content (AvgIpc) is 3.03. The number of nitrogens with zero attached hydrogens (tertiary/aromatic N) is 4. The van der Waals surface area contributed by atoms with Gasteiger partial charge in [0.15, 0.2) is 0 Å². The Morgan fingerprint density at radius 2 is 1.34 bits per heavy atom. The van der Waals surface area contributed by atoms with Gasteiger partial charge in [-0.2, -0.15) is 26.3 Å². The van der Waals surface area contributed by atoms with Gasteiger partial charge in [-0.1, -0.05) is 38.5 Å². The minimum Gasteiger partial charge on any atom is -0.344 e. The van der Waals surface area contributed by atoms with Gasteiger partial charge in [0.1, 0.15) is 0 Å². The molecule has 0 aromatic heterocycles. The summed E-state index contributed by atoms with van der Waals surface area (Å²) in [6, 6.07) is -0.413. The Hall–Kier alpha value is -2.05. The summed E-state index contributed by atoms with van der Waals surface area (Å²) in [7, 11) is 1.63. The minimum atomic E-state index is -4.67. The number of carbonyl (C=O) groups is 2. The average molecular weight is 680 g/mol. The Kier molecular flexibility index (Phi) is 13.3. The Balaban J connectivity index is 1.40. The summed E-state index contributed by atoms with van der Waals surface area (Å²) in [5.41, 5.74) is 0. The summed E-state index contributed by atoms with van der Waals surface area (Å²) < 4.78 is 81.2. The van der Waals surface area contributed by atoms with Crippen molar-refractivity contribution < 1.29 is 35.9 Å². The highest BCUT2D eigenvalue weighted by Gasteiger charge is 2.51. The van der Waals surface area contributed by atoms with Crippen LogP contribution in [0.2, 0.25) is 0 Å². The fourth-order valence-corrected chi connectivity index (χ4v) is 8.25. The lowest BCUT2D eigenvalue weighted by molar-refractivity contribution is -0.229. The summed E-state index contributed by atoms with van der Waals surface area (Å²) in [5, 5.41) is 3.11. The molecular weight excluding hydrogens is 624 g/mol. The van der Waals surface area contributed by atoms with E-state index in [4.69, 9.17) is 4.99 Å². The van der Waals surface area contributed by atoms with E-state index in [0.29, 0.717) is 32.1 Å². The molecule has 0 aromatic carbocycles. The first-order valence-corrected chi connectivity index (χ1v) is 17.9. The van der Waals surface area contributed by atoms with E-state index in [0.717, 1.165) is 64.2 Å². The Morgan fingerprint density at radius 3 is 1.85 bits per heavy atom. The maximum atomic E-state index is 14.1. The van der Waals surface area contributed by atoms with Crippen molar-refractivity contribution in [1.82, 2.24) is 20.0 Å². The third-order valence-electron chi connectivity index (χ3n) is 10.9. The molecule has 4 aliphatic rings. The Labute approximate surface area is 276 Å². The molecular formula is C34H55F6N5O2. The van der Waals surface area contributed by atoms with Gasteiger partial charge in [0.2, 0.25) is 17.8 Å². The molecule has 3 aliphatic carbocycles. The van der Waals surface area contributed by atoms with E-state index in [1.165, 1.54) is 0 Å². The van der Waals surface area contributed by atoms with E-state index >= 15 is 0 Å². The van der Waals surface area contributed by atoms with Crippen molar-refractivity contribution in [3.63, 3.8) is 0 Å². The molecule has 1 aliphatic heterocycles. The minimum absolute atomic E-state index is 0.00134. The number of guanidine groups is 1. The summed E-state index contributed by atoms with van der Waals surface area (Å²) in [5.74, 6) is -4.08. The number of carbonyl (C=O) groups excluding carboxylic acids is 2. The molecule has 1 N–H and O–H groups in total. The molecule has 3 saturated carbocycles. The number of likely N-dealkylation sites (N-methyl/N-ethyl adjacent to an activating group) is 1. The number of hydrogen-bond donors (Lipinski definition) is 1. The SMILES string of the molecule is CC(C)N=C(NC(=O)C1CCCCC1)N1CCN(C(C(=O)N(C)CCC2CC(C(F)(F)F)CC(C(F)(F)F)C2)C2CCCCC2)CC1. The normalized spacial score (nSPS) is 27.1. The topological polar surface area (TPSA) is 68.2 Å². The van der Waals surface area contributed by atoms with Crippen molar-refractivity contribution in [3.8, 4) is 0 Å². The van der Waals surface area contributed by atoms with E-state index in [1.807, 2.05) is 13.8 Å². The van der Waals surface area contributed by atoms with Crippen molar-refractivity contribution in [2.24, 2.45) is 34.6 Å². The van der Waals surface area contributed by atoms with Gasteiger partial charge in [-0.15, -0.1) is 0 Å². The quantitative estimate of drug-likeness (QED) is 0.170. The third kappa shape index (κ3) is 10.7. The Bertz CT molecular complexity index is 1020. The molecule has 13 heteroatoms. The fourth-order valence-electron chi connectivity index (χ4n) is 8.25. The number of piperazine rings is 1. The maximum Gasteiger partial charge on any atom is 0.391 e. The standard InChI is InChI=1S/C34H55F6N5O2/c1-23(2)41-32(42-30(46)26-12-8-5-9-13-26)45-18-16-44(17-19-45)29(25-10-6-4-7-11-25)31(47)43(3)15-14-24-20-27(33(35,36)37)22-28(21-24)34(38,39)40/h23-29H,4-22H2,1-3H3,(H,41,42,46). The second-order valence-corrected chi connectivity index (χ2v) is 14.8. The van der Waals surface area contributed by atoms with E-state index in [2.05, 4.69) is 15.1 Å². The largest absolute Gasteiger partial charge is 0.391 e. The lowest BCUT2D eigenvalue weighted by Crippen LogP contribution is -2.60. The lowest BCUT2D eigenvalue weighted by Gasteiger charge is -2.44. The number of aliphatic imine (C=N–C) groups is 1. The molecule has 0 aromatic rings. The van der Waals surface area contributed by atoms with Crippen LogP contribution in [0.3, 0.4) is 0 Å². The molecule has 3 unspecified atom stereocenters. The zero-order valence-electron chi connectivity index (χ0n) is 28.3. The molecule has 0 radical (unpaired) electrons. The predicted octanol–water partition coefficient (Wildman–Crippen LogP) is 7.02. The van der Waals surface area contributed by atoms with Crippen LogP contribution in [0.4, 0.5) is 26.3 Å². The van der Waals surface area contributed by atoms with Gasteiger partial charge >= 0.3 is 12.4 Å². The number of nitrogens with one attached hydrogen (secondary N) is 1. The van der Waals surface area contributed by atoms with Crippen LogP contribution in [-0.2, 0) is 9.59 Å². The van der Waals surface area contributed by atoms with Gasteiger partial charge in [-0.3, -0.25) is 19.8 Å². The Morgan fingerprint density at radius 1 is 0.809 bits per heavy atom. The van der Waals surface area contributed by atoms with Crippen LogP contribution >= 0.6 is 0 Å². The van der Waals surface area contributed by atoms with Crippen molar-refractivity contribution in [2.75, 3.05) is 39.8 Å². The summed E-state index contributed by atoms with van der Waals surface area (Å²) in [4.78, 5) is 37.7. The zero-order chi connectivity index (χ0) is 34.4. The second-order valence-electron chi connectivity index (χ2n) is 14.8. The molecule has 47 heavy (non-hydrogen) atoms. The van der Waals surface area contributed by atoms with Crippen molar-refractivity contribution >= 4 is 17.8 Å². The van der Waals surface area contributed by atoms with Gasteiger partial charge in [-0.25, -0.2) is 4.99 Å². The van der Waals surface area contributed by atoms with Crippen molar-refractivity contribution in [1.29, 1.82) is 0 Å². The van der Waals surface area contributed by atoms with E-state index in [-0.39, 0.29) is 55.5 Å². The van der Waals surface area contributed by atoms with Crippen molar-refractivity contribution in [2.45, 2.75) is 128 Å². The van der Waals surface area contributed by atoms with Crippen LogP contribution in [0, 0.1) is 29.6 Å². The summed E-state index contributed by atoms with van der Waals surface area (Å²) in [6.45, 7) is 6.39. The molecule has 4 fully saturated rings. The first kappa shape index (κ1) is 37.8. The predicted molar refractivity (Wildman–Crippen MR) is 169 cm³/mol. The van der Waals surface area contributed by atoms with Gasteiger partial charge in [-0.05, 0) is 77.0 Å². The lowest BCUT2D eigenvalue weighted by atomic mass is 9.73. The molecule has 7 nitrogen and oxygen atoms in total. The monoisotopic (exact) mass is 679 g/mol. The van der Waals surface area contributed by atoms with Gasteiger partial charge < -0.3 is 9.80 Å². The molecule has 3 atom stereocenters. The van der Waals surface area contributed by atoms with Crippen LogP contribution in [0.15, 0.2) is 4.99 Å². The van der Waals surface area contributed by atoms with Gasteiger partial charge in [0.05, 0.1) is 17.9 Å². The van der Waals surface area contributed by atoms with Crippen LogP contribution < -0.4 is 5.32 Å². The van der Waals surface area contributed by atoms with E-state index in [1.54, 1.807) is 11.9 Å². The first-order valence-electron chi connectivity index (χ1n) is 17.9. The van der Waals surface area contributed by atoms with Crippen LogP contribution in [-0.4, -0.2) is 96.7 Å². The number of amides is 2. The number of rotatable bonds is 8. The highest BCUT2D eigenvalue weighted by Crippen LogP contribution is 2.48. The molecule has 270 valence electrons. The summed E-state index contributed by atoms with van der Waals surface area (Å²) in [6.07, 6.45) is -0.777. The molecule has 0 spiro atoms. The summed E-state index contributed by atoms with van der Waals surface area (Å²) >= 11 is 0.